The van der Waals surface area contributed by atoms with Crippen LogP contribution in [-0.4, -0.2) is 13.1 Å². The summed E-state index contributed by atoms with van der Waals surface area (Å²) in [7, 11) is 1.20. The second-order valence-electron chi connectivity index (χ2n) is 2.93. The van der Waals surface area contributed by atoms with Crippen molar-refractivity contribution in [3.05, 3.63) is 46.5 Å². The summed E-state index contributed by atoms with van der Waals surface area (Å²) >= 11 is 3.24. The smallest absolute Gasteiger partial charge is 0.336 e. The van der Waals surface area contributed by atoms with E-state index in [4.69, 9.17) is 0 Å². The lowest BCUT2D eigenvalue weighted by molar-refractivity contribution is -0.136. The predicted octanol–water partition coefficient (Wildman–Crippen LogP) is 3.19. The van der Waals surface area contributed by atoms with Crippen molar-refractivity contribution in [1.82, 2.24) is 0 Å². The molecule has 0 bridgehead atoms. The van der Waals surface area contributed by atoms with Gasteiger partial charge in [0.2, 0.25) is 0 Å². The van der Waals surface area contributed by atoms with E-state index in [1.807, 2.05) is 0 Å². The van der Waals surface area contributed by atoms with Gasteiger partial charge in [0.1, 0.15) is 0 Å². The highest BCUT2D eigenvalue weighted by Gasteiger charge is 2.20. The summed E-state index contributed by atoms with van der Waals surface area (Å²) in [4.78, 5) is 11.0. The molecule has 0 heterocycles. The lowest BCUT2D eigenvalue weighted by Crippen LogP contribution is -2.09. The zero-order valence-corrected chi connectivity index (χ0v) is 9.75. The molecule has 80 valence electrons. The third kappa shape index (κ3) is 2.89. The van der Waals surface area contributed by atoms with E-state index >= 15 is 0 Å². The minimum atomic E-state index is -1.52. The normalized spacial score (nSPS) is 11.9. The second kappa shape index (κ2) is 5.07. The zero-order valence-electron chi connectivity index (χ0n) is 8.17. The van der Waals surface area contributed by atoms with Crippen LogP contribution in [0.3, 0.4) is 0 Å². The number of ether oxygens (including phenoxy) is 1. The Morgan fingerprint density at radius 3 is 2.47 bits per heavy atom. The van der Waals surface area contributed by atoms with Crippen LogP contribution in [0, 0.1) is 0 Å². The molecule has 1 aromatic carbocycles. The molecular formula is C11H10BrFO2. The van der Waals surface area contributed by atoms with Crippen LogP contribution in [0.15, 0.2) is 40.9 Å². The number of hydrogen-bond acceptors (Lipinski definition) is 2. The van der Waals surface area contributed by atoms with Gasteiger partial charge in [-0.2, -0.15) is 0 Å². The van der Waals surface area contributed by atoms with Gasteiger partial charge in [0.15, 0.2) is 6.17 Å². The first-order valence-corrected chi connectivity index (χ1v) is 5.02. The average Bonchev–Trinajstić information content (AvgIpc) is 2.27. The number of methoxy groups -OCH3 is 1. The Hall–Kier alpha value is -1.16. The number of alkyl halides is 1. The van der Waals surface area contributed by atoms with Crippen molar-refractivity contribution in [2.24, 2.45) is 0 Å². The van der Waals surface area contributed by atoms with E-state index < -0.39 is 12.1 Å². The maximum atomic E-state index is 13.7. The van der Waals surface area contributed by atoms with E-state index in [1.54, 1.807) is 24.3 Å². The van der Waals surface area contributed by atoms with Gasteiger partial charge in [-0.05, 0) is 17.7 Å². The van der Waals surface area contributed by atoms with Crippen LogP contribution in [0.1, 0.15) is 11.7 Å². The SMILES string of the molecule is C=C(C(=O)OC)[C@@H](F)c1ccc(Br)cc1. The van der Waals surface area contributed by atoms with Gasteiger partial charge in [0.25, 0.3) is 0 Å². The van der Waals surface area contributed by atoms with Gasteiger partial charge in [0, 0.05) is 4.47 Å². The Morgan fingerprint density at radius 1 is 1.47 bits per heavy atom. The molecule has 1 aromatic rings. The molecule has 0 unspecified atom stereocenters. The molecule has 0 amide bonds. The number of hydrogen-bond donors (Lipinski definition) is 0. The molecular weight excluding hydrogens is 263 g/mol. The molecule has 0 radical (unpaired) electrons. The number of carbonyl (C=O) groups excluding carboxylic acids is 1. The van der Waals surface area contributed by atoms with Crippen LogP contribution >= 0.6 is 15.9 Å². The minimum Gasteiger partial charge on any atom is -0.466 e. The molecule has 4 heteroatoms. The van der Waals surface area contributed by atoms with E-state index in [0.29, 0.717) is 5.56 Å². The third-order valence-electron chi connectivity index (χ3n) is 1.92. The van der Waals surface area contributed by atoms with E-state index in [0.717, 1.165) is 4.47 Å². The minimum absolute atomic E-state index is 0.195. The molecule has 0 aliphatic heterocycles. The second-order valence-corrected chi connectivity index (χ2v) is 3.85. The number of carbonyl (C=O) groups is 1. The van der Waals surface area contributed by atoms with Crippen LogP contribution in [0.4, 0.5) is 4.39 Å². The van der Waals surface area contributed by atoms with Crippen molar-refractivity contribution < 1.29 is 13.9 Å². The van der Waals surface area contributed by atoms with Gasteiger partial charge in [-0.25, -0.2) is 9.18 Å². The molecule has 0 N–H and O–H groups in total. The van der Waals surface area contributed by atoms with Gasteiger partial charge in [-0.3, -0.25) is 0 Å². The Labute approximate surface area is 95.9 Å². The Balaban J connectivity index is 2.85. The largest absolute Gasteiger partial charge is 0.466 e. The molecule has 2 nitrogen and oxygen atoms in total. The molecule has 0 aliphatic carbocycles. The first-order valence-electron chi connectivity index (χ1n) is 4.23. The van der Waals surface area contributed by atoms with Gasteiger partial charge in [-0.1, -0.05) is 34.6 Å². The lowest BCUT2D eigenvalue weighted by atomic mass is 10.0. The monoisotopic (exact) mass is 272 g/mol. The number of esters is 1. The Bertz CT molecular complexity index is 373. The van der Waals surface area contributed by atoms with Crippen LogP contribution in [0.2, 0.25) is 0 Å². The molecule has 0 aliphatic rings. The first-order chi connectivity index (χ1) is 7.06. The van der Waals surface area contributed by atoms with Crippen molar-refractivity contribution in [3.63, 3.8) is 0 Å². The van der Waals surface area contributed by atoms with Crippen molar-refractivity contribution in [1.29, 1.82) is 0 Å². The Kier molecular flexibility index (Phi) is 4.03. The number of halogens is 2. The highest BCUT2D eigenvalue weighted by atomic mass is 79.9. The summed E-state index contributed by atoms with van der Waals surface area (Å²) in [6.45, 7) is 3.36. The molecule has 0 aromatic heterocycles. The van der Waals surface area contributed by atoms with Crippen LogP contribution in [-0.2, 0) is 9.53 Å². The Morgan fingerprint density at radius 2 is 2.00 bits per heavy atom. The summed E-state index contributed by atoms with van der Waals surface area (Å²) in [5.41, 5.74) is 0.188. The summed E-state index contributed by atoms with van der Waals surface area (Å²) in [5.74, 6) is -0.731. The first kappa shape index (κ1) is 11.9. The molecule has 15 heavy (non-hydrogen) atoms. The molecule has 0 saturated carbocycles. The van der Waals surface area contributed by atoms with Crippen molar-refractivity contribution >= 4 is 21.9 Å². The number of rotatable bonds is 3. The van der Waals surface area contributed by atoms with E-state index in [2.05, 4.69) is 27.2 Å². The van der Waals surface area contributed by atoms with Gasteiger partial charge < -0.3 is 4.74 Å². The standard InChI is InChI=1S/C11H10BrFO2/c1-7(11(14)15-2)10(13)8-3-5-9(12)6-4-8/h3-6,10H,1H2,2H3/t10-/m1/s1. The van der Waals surface area contributed by atoms with Crippen LogP contribution in [0.5, 0.6) is 0 Å². The van der Waals surface area contributed by atoms with Crippen LogP contribution in [0.25, 0.3) is 0 Å². The van der Waals surface area contributed by atoms with E-state index in [-0.39, 0.29) is 5.57 Å². The van der Waals surface area contributed by atoms with Gasteiger partial charge >= 0.3 is 5.97 Å². The van der Waals surface area contributed by atoms with Crippen LogP contribution < -0.4 is 0 Å². The summed E-state index contributed by atoms with van der Waals surface area (Å²) < 4.78 is 18.9. The van der Waals surface area contributed by atoms with Crippen molar-refractivity contribution in [2.75, 3.05) is 7.11 Å². The number of benzene rings is 1. The predicted molar refractivity (Wildman–Crippen MR) is 59.1 cm³/mol. The summed E-state index contributed by atoms with van der Waals surface area (Å²) in [6.07, 6.45) is -1.52. The summed E-state index contributed by atoms with van der Waals surface area (Å²) in [6, 6.07) is 6.57. The summed E-state index contributed by atoms with van der Waals surface area (Å²) in [5, 5.41) is 0. The molecule has 0 spiro atoms. The molecule has 0 saturated heterocycles. The molecule has 0 fully saturated rings. The van der Waals surface area contributed by atoms with Gasteiger partial charge in [0.05, 0.1) is 12.7 Å². The topological polar surface area (TPSA) is 26.3 Å². The highest BCUT2D eigenvalue weighted by Crippen LogP contribution is 2.26. The zero-order chi connectivity index (χ0) is 11.4. The quantitative estimate of drug-likeness (QED) is 0.624. The maximum Gasteiger partial charge on any atom is 0.336 e. The van der Waals surface area contributed by atoms with Crippen molar-refractivity contribution in [2.45, 2.75) is 6.17 Å². The fourth-order valence-electron chi connectivity index (χ4n) is 1.07. The fourth-order valence-corrected chi connectivity index (χ4v) is 1.33. The lowest BCUT2D eigenvalue weighted by Gasteiger charge is -2.09. The fraction of sp³-hybridized carbons (Fsp3) is 0.182. The highest BCUT2D eigenvalue weighted by molar-refractivity contribution is 9.10. The molecule has 1 rings (SSSR count). The maximum absolute atomic E-state index is 13.7. The van der Waals surface area contributed by atoms with Gasteiger partial charge in [-0.15, -0.1) is 0 Å². The third-order valence-corrected chi connectivity index (χ3v) is 2.44. The average molecular weight is 273 g/mol. The van der Waals surface area contributed by atoms with Crippen molar-refractivity contribution in [3.8, 4) is 0 Å². The van der Waals surface area contributed by atoms with E-state index in [1.165, 1.54) is 7.11 Å². The van der Waals surface area contributed by atoms with E-state index in [9.17, 15) is 9.18 Å². The molecule has 1 atom stereocenters.